The molecule has 1 amide bonds. The highest BCUT2D eigenvalue weighted by Gasteiger charge is 2.12. The largest absolute Gasteiger partial charge is 0.397 e. The van der Waals surface area contributed by atoms with E-state index in [1.165, 1.54) is 0 Å². The predicted molar refractivity (Wildman–Crippen MR) is 85.4 cm³/mol. The highest BCUT2D eigenvalue weighted by Crippen LogP contribution is 2.26. The Morgan fingerprint density at radius 1 is 1.21 bits per heavy atom. The second-order valence-corrected chi connectivity index (χ2v) is 5.83. The monoisotopic (exact) mass is 382 g/mol. The molecule has 19 heavy (non-hydrogen) atoms. The van der Waals surface area contributed by atoms with Crippen molar-refractivity contribution < 1.29 is 4.79 Å². The summed E-state index contributed by atoms with van der Waals surface area (Å²) in [4.78, 5) is 12.2. The minimum atomic E-state index is -0.190. The molecule has 0 aromatic heterocycles. The molecule has 0 saturated heterocycles. The highest BCUT2D eigenvalue weighted by molar-refractivity contribution is 9.10. The highest BCUT2D eigenvalue weighted by atomic mass is 79.9. The predicted octanol–water partition coefficient (Wildman–Crippen LogP) is 4.35. The smallest absolute Gasteiger partial charge is 0.256 e. The lowest BCUT2D eigenvalue weighted by atomic mass is 10.1. The normalized spacial score (nSPS) is 10.3. The van der Waals surface area contributed by atoms with E-state index in [0.717, 1.165) is 14.5 Å². The standard InChI is InChI=1S/C14H12Br2N2O/c1-8-3-2-4-10(13(8)16)14(19)18-12-6-5-9(15)7-11(12)17/h2-7H,17H2,1H3,(H,18,19). The van der Waals surface area contributed by atoms with Crippen LogP contribution in [0, 0.1) is 6.92 Å². The summed E-state index contributed by atoms with van der Waals surface area (Å²) in [5.41, 5.74) is 8.57. The number of hydrogen-bond donors (Lipinski definition) is 2. The molecular formula is C14H12Br2N2O. The third-order valence-electron chi connectivity index (χ3n) is 2.70. The van der Waals surface area contributed by atoms with E-state index in [-0.39, 0.29) is 5.91 Å². The van der Waals surface area contributed by atoms with Crippen LogP contribution in [-0.2, 0) is 0 Å². The summed E-state index contributed by atoms with van der Waals surface area (Å²) >= 11 is 6.75. The van der Waals surface area contributed by atoms with Crippen LogP contribution in [-0.4, -0.2) is 5.91 Å². The molecule has 0 aliphatic heterocycles. The van der Waals surface area contributed by atoms with E-state index in [1.807, 2.05) is 25.1 Å². The van der Waals surface area contributed by atoms with Gasteiger partial charge < -0.3 is 11.1 Å². The van der Waals surface area contributed by atoms with Gasteiger partial charge in [0.1, 0.15) is 0 Å². The van der Waals surface area contributed by atoms with Gasteiger partial charge in [0.2, 0.25) is 0 Å². The molecule has 0 bridgehead atoms. The first-order valence-corrected chi connectivity index (χ1v) is 7.19. The maximum absolute atomic E-state index is 12.2. The van der Waals surface area contributed by atoms with Gasteiger partial charge in [0.05, 0.1) is 16.9 Å². The fourth-order valence-corrected chi connectivity index (χ4v) is 2.48. The van der Waals surface area contributed by atoms with Crippen LogP contribution in [0.5, 0.6) is 0 Å². The Morgan fingerprint density at radius 3 is 2.63 bits per heavy atom. The number of benzene rings is 2. The van der Waals surface area contributed by atoms with Crippen LogP contribution in [0.25, 0.3) is 0 Å². The first-order valence-electron chi connectivity index (χ1n) is 5.60. The second kappa shape index (κ2) is 5.75. The van der Waals surface area contributed by atoms with Crippen LogP contribution in [0.2, 0.25) is 0 Å². The number of carbonyl (C=O) groups excluding carboxylic acids is 1. The number of anilines is 2. The van der Waals surface area contributed by atoms with E-state index < -0.39 is 0 Å². The Bertz CT molecular complexity index is 641. The SMILES string of the molecule is Cc1cccc(C(=O)Nc2ccc(Br)cc2N)c1Br. The zero-order valence-corrected chi connectivity index (χ0v) is 13.4. The number of rotatable bonds is 2. The Labute approximate surface area is 128 Å². The summed E-state index contributed by atoms with van der Waals surface area (Å²) in [6.07, 6.45) is 0. The lowest BCUT2D eigenvalue weighted by molar-refractivity contribution is 0.102. The van der Waals surface area contributed by atoms with E-state index in [2.05, 4.69) is 37.2 Å². The average Bonchev–Trinajstić information content (AvgIpc) is 2.36. The molecule has 2 rings (SSSR count). The molecule has 3 N–H and O–H groups in total. The fourth-order valence-electron chi connectivity index (χ4n) is 1.66. The van der Waals surface area contributed by atoms with Crippen LogP contribution < -0.4 is 11.1 Å². The number of aryl methyl sites for hydroxylation is 1. The number of hydrogen-bond acceptors (Lipinski definition) is 2. The van der Waals surface area contributed by atoms with Crippen molar-refractivity contribution in [1.82, 2.24) is 0 Å². The molecule has 0 heterocycles. The summed E-state index contributed by atoms with van der Waals surface area (Å²) in [5.74, 6) is -0.190. The molecule has 0 fully saturated rings. The molecule has 0 radical (unpaired) electrons. The molecule has 5 heteroatoms. The van der Waals surface area contributed by atoms with Crippen molar-refractivity contribution in [2.75, 3.05) is 11.1 Å². The molecule has 0 aliphatic rings. The van der Waals surface area contributed by atoms with Gasteiger partial charge >= 0.3 is 0 Å². The number of carbonyl (C=O) groups is 1. The number of amides is 1. The third kappa shape index (κ3) is 3.16. The van der Waals surface area contributed by atoms with Gasteiger partial charge in [-0.2, -0.15) is 0 Å². The molecule has 98 valence electrons. The number of halogens is 2. The minimum absolute atomic E-state index is 0.190. The van der Waals surface area contributed by atoms with Gasteiger partial charge in [0, 0.05) is 8.95 Å². The Balaban J connectivity index is 2.28. The summed E-state index contributed by atoms with van der Waals surface area (Å²) in [5, 5.41) is 2.81. The summed E-state index contributed by atoms with van der Waals surface area (Å²) in [6.45, 7) is 1.94. The van der Waals surface area contributed by atoms with Crippen molar-refractivity contribution in [3.63, 3.8) is 0 Å². The summed E-state index contributed by atoms with van der Waals surface area (Å²) in [6, 6.07) is 10.9. The number of nitrogens with one attached hydrogen (secondary N) is 1. The lowest BCUT2D eigenvalue weighted by Crippen LogP contribution is -2.14. The lowest BCUT2D eigenvalue weighted by Gasteiger charge is -2.10. The maximum atomic E-state index is 12.2. The molecule has 0 spiro atoms. The maximum Gasteiger partial charge on any atom is 0.256 e. The number of nitrogens with two attached hydrogens (primary N) is 1. The topological polar surface area (TPSA) is 55.1 Å². The van der Waals surface area contributed by atoms with Gasteiger partial charge in [-0.25, -0.2) is 0 Å². The van der Waals surface area contributed by atoms with Crippen molar-refractivity contribution in [3.05, 3.63) is 56.5 Å². The molecule has 2 aromatic carbocycles. The molecule has 0 saturated carbocycles. The molecular weight excluding hydrogens is 372 g/mol. The summed E-state index contributed by atoms with van der Waals surface area (Å²) < 4.78 is 1.67. The van der Waals surface area contributed by atoms with Gasteiger partial charge in [-0.05, 0) is 52.7 Å². The Morgan fingerprint density at radius 2 is 1.95 bits per heavy atom. The van der Waals surface area contributed by atoms with E-state index in [9.17, 15) is 4.79 Å². The van der Waals surface area contributed by atoms with Crippen LogP contribution in [0.4, 0.5) is 11.4 Å². The van der Waals surface area contributed by atoms with Gasteiger partial charge in [-0.1, -0.05) is 28.1 Å². The van der Waals surface area contributed by atoms with Crippen LogP contribution >= 0.6 is 31.9 Å². The zero-order valence-electron chi connectivity index (χ0n) is 10.2. The van der Waals surface area contributed by atoms with E-state index in [1.54, 1.807) is 18.2 Å². The Hall–Kier alpha value is -1.33. The first-order chi connectivity index (χ1) is 8.99. The van der Waals surface area contributed by atoms with Gasteiger partial charge in [0.25, 0.3) is 5.91 Å². The molecule has 0 aliphatic carbocycles. The van der Waals surface area contributed by atoms with E-state index in [0.29, 0.717) is 16.9 Å². The minimum Gasteiger partial charge on any atom is -0.397 e. The zero-order chi connectivity index (χ0) is 14.0. The van der Waals surface area contributed by atoms with Crippen LogP contribution in [0.3, 0.4) is 0 Å². The fraction of sp³-hybridized carbons (Fsp3) is 0.0714. The van der Waals surface area contributed by atoms with Crippen LogP contribution in [0.1, 0.15) is 15.9 Å². The van der Waals surface area contributed by atoms with Gasteiger partial charge in [-0.3, -0.25) is 4.79 Å². The Kier molecular flexibility index (Phi) is 4.27. The number of nitrogen functional groups attached to an aromatic ring is 1. The molecule has 2 aromatic rings. The van der Waals surface area contributed by atoms with Crippen LogP contribution in [0.15, 0.2) is 45.3 Å². The second-order valence-electron chi connectivity index (χ2n) is 4.12. The molecule has 0 atom stereocenters. The average molecular weight is 384 g/mol. The van der Waals surface area contributed by atoms with Crippen molar-refractivity contribution in [2.45, 2.75) is 6.92 Å². The van der Waals surface area contributed by atoms with Crippen molar-refractivity contribution >= 4 is 49.1 Å². The van der Waals surface area contributed by atoms with Crippen molar-refractivity contribution in [1.29, 1.82) is 0 Å². The van der Waals surface area contributed by atoms with Crippen molar-refractivity contribution in [3.8, 4) is 0 Å². The first kappa shape index (κ1) is 14.1. The van der Waals surface area contributed by atoms with Crippen molar-refractivity contribution in [2.24, 2.45) is 0 Å². The van der Waals surface area contributed by atoms with Gasteiger partial charge in [-0.15, -0.1) is 0 Å². The quantitative estimate of drug-likeness (QED) is 0.757. The third-order valence-corrected chi connectivity index (χ3v) is 4.24. The van der Waals surface area contributed by atoms with E-state index in [4.69, 9.17) is 5.73 Å². The molecule has 3 nitrogen and oxygen atoms in total. The molecule has 0 unspecified atom stereocenters. The van der Waals surface area contributed by atoms with Gasteiger partial charge in [0.15, 0.2) is 0 Å². The summed E-state index contributed by atoms with van der Waals surface area (Å²) in [7, 11) is 0. The van der Waals surface area contributed by atoms with E-state index >= 15 is 0 Å².